The number of alkyl halides is 1. The van der Waals surface area contributed by atoms with Gasteiger partial charge in [0.15, 0.2) is 11.5 Å². The molecule has 1 aliphatic carbocycles. The Labute approximate surface area is 204 Å². The molecule has 4 atom stereocenters. The zero-order chi connectivity index (χ0) is 23.8. The van der Waals surface area contributed by atoms with E-state index >= 15 is 0 Å². The standard InChI is InChI=1S/C27H28ClNO5/c1-32-19-8-3-16(4-9-19)13-14-29-24(17-5-10-20(33-2)11-6-17)23-25(30)21-15-18(28)7-12-22(21)34-26(23)27(29)31/h3-6,8-11,18,21-22,24H,7,12-15H2,1-2H3. The molecule has 0 N–H and O–H groups in total. The van der Waals surface area contributed by atoms with Gasteiger partial charge < -0.3 is 19.1 Å². The molecule has 0 bridgehead atoms. The molecule has 5 rings (SSSR count). The quantitative estimate of drug-likeness (QED) is 0.570. The fraction of sp³-hybridized carbons (Fsp3) is 0.407. The van der Waals surface area contributed by atoms with Gasteiger partial charge in [0.1, 0.15) is 17.6 Å². The Hall–Kier alpha value is -2.99. The van der Waals surface area contributed by atoms with Gasteiger partial charge in [-0.25, -0.2) is 0 Å². The van der Waals surface area contributed by atoms with Crippen molar-refractivity contribution < 1.29 is 23.8 Å². The number of fused-ring (bicyclic) bond motifs is 1. The summed E-state index contributed by atoms with van der Waals surface area (Å²) in [6.07, 6.45) is 2.43. The van der Waals surface area contributed by atoms with Gasteiger partial charge in [-0.2, -0.15) is 0 Å². The average molecular weight is 482 g/mol. The van der Waals surface area contributed by atoms with Crippen molar-refractivity contribution in [1.82, 2.24) is 4.90 Å². The zero-order valence-electron chi connectivity index (χ0n) is 19.3. The number of halogens is 1. The lowest BCUT2D eigenvalue weighted by Gasteiger charge is -2.37. The molecule has 0 radical (unpaired) electrons. The molecule has 0 saturated heterocycles. The second-order valence-corrected chi connectivity index (χ2v) is 9.67. The van der Waals surface area contributed by atoms with Crippen LogP contribution in [0.15, 0.2) is 59.9 Å². The number of methoxy groups -OCH3 is 2. The summed E-state index contributed by atoms with van der Waals surface area (Å²) in [6, 6.07) is 14.8. The Morgan fingerprint density at radius 2 is 1.62 bits per heavy atom. The summed E-state index contributed by atoms with van der Waals surface area (Å²) in [5.74, 6) is 1.20. The molecule has 0 spiro atoms. The predicted octanol–water partition coefficient (Wildman–Crippen LogP) is 4.46. The second kappa shape index (κ2) is 9.34. The summed E-state index contributed by atoms with van der Waals surface area (Å²) >= 11 is 6.40. The summed E-state index contributed by atoms with van der Waals surface area (Å²) in [6.45, 7) is 0.457. The fourth-order valence-corrected chi connectivity index (χ4v) is 5.59. The summed E-state index contributed by atoms with van der Waals surface area (Å²) in [4.78, 5) is 29.1. The van der Waals surface area contributed by atoms with Crippen LogP contribution in [0.4, 0.5) is 0 Å². The number of benzene rings is 2. The van der Waals surface area contributed by atoms with Crippen LogP contribution in [0.1, 0.15) is 36.4 Å². The third-order valence-electron chi connectivity index (χ3n) is 7.11. The molecular weight excluding hydrogens is 454 g/mol. The number of amides is 1. The van der Waals surface area contributed by atoms with E-state index in [9.17, 15) is 9.59 Å². The summed E-state index contributed by atoms with van der Waals surface area (Å²) in [7, 11) is 3.24. The summed E-state index contributed by atoms with van der Waals surface area (Å²) < 4.78 is 16.8. The minimum absolute atomic E-state index is 0.00212. The largest absolute Gasteiger partial charge is 0.497 e. The molecule has 4 unspecified atom stereocenters. The highest BCUT2D eigenvalue weighted by Gasteiger charge is 2.52. The number of carbonyl (C=O) groups is 2. The molecule has 1 amide bonds. The molecule has 2 aliphatic heterocycles. The molecule has 0 aromatic heterocycles. The molecule has 6 nitrogen and oxygen atoms in total. The number of ether oxygens (including phenoxy) is 3. The Morgan fingerprint density at radius 3 is 2.26 bits per heavy atom. The normalized spacial score (nSPS) is 26.1. The van der Waals surface area contributed by atoms with Gasteiger partial charge in [-0.05, 0) is 61.1 Å². The van der Waals surface area contributed by atoms with Gasteiger partial charge >= 0.3 is 0 Å². The van der Waals surface area contributed by atoms with Gasteiger partial charge in [0.05, 0.1) is 31.8 Å². The van der Waals surface area contributed by atoms with Crippen LogP contribution in [-0.2, 0) is 20.7 Å². The van der Waals surface area contributed by atoms with Crippen molar-refractivity contribution in [3.63, 3.8) is 0 Å². The van der Waals surface area contributed by atoms with Gasteiger partial charge in [-0.15, -0.1) is 11.6 Å². The molecule has 34 heavy (non-hydrogen) atoms. The van der Waals surface area contributed by atoms with Crippen LogP contribution < -0.4 is 9.47 Å². The van der Waals surface area contributed by atoms with E-state index in [1.54, 1.807) is 19.1 Å². The number of carbonyl (C=O) groups excluding carboxylic acids is 2. The van der Waals surface area contributed by atoms with Crippen molar-refractivity contribution in [1.29, 1.82) is 0 Å². The third-order valence-corrected chi connectivity index (χ3v) is 7.51. The van der Waals surface area contributed by atoms with E-state index in [4.69, 9.17) is 25.8 Å². The van der Waals surface area contributed by atoms with E-state index in [2.05, 4.69) is 0 Å². The molecule has 2 aromatic carbocycles. The zero-order valence-corrected chi connectivity index (χ0v) is 20.1. The van der Waals surface area contributed by atoms with Gasteiger partial charge in [0, 0.05) is 11.9 Å². The highest BCUT2D eigenvalue weighted by molar-refractivity contribution is 6.21. The van der Waals surface area contributed by atoms with Crippen molar-refractivity contribution in [2.24, 2.45) is 5.92 Å². The van der Waals surface area contributed by atoms with Gasteiger partial charge in [0.25, 0.3) is 5.91 Å². The third kappa shape index (κ3) is 4.05. The van der Waals surface area contributed by atoms with E-state index in [1.165, 1.54) is 0 Å². The second-order valence-electron chi connectivity index (χ2n) is 9.05. The number of nitrogens with zero attached hydrogens (tertiary/aromatic N) is 1. The highest BCUT2D eigenvalue weighted by atomic mass is 35.5. The highest BCUT2D eigenvalue weighted by Crippen LogP contribution is 2.47. The lowest BCUT2D eigenvalue weighted by Crippen LogP contribution is -2.41. The maximum Gasteiger partial charge on any atom is 0.290 e. The van der Waals surface area contributed by atoms with Crippen molar-refractivity contribution in [2.75, 3.05) is 20.8 Å². The molecule has 2 heterocycles. The van der Waals surface area contributed by atoms with E-state index in [-0.39, 0.29) is 34.8 Å². The average Bonchev–Trinajstić information content (AvgIpc) is 3.15. The van der Waals surface area contributed by atoms with Crippen LogP contribution in [0.3, 0.4) is 0 Å². The first-order valence-electron chi connectivity index (χ1n) is 11.7. The van der Waals surface area contributed by atoms with Crippen LogP contribution in [0.2, 0.25) is 0 Å². The minimum atomic E-state index is -0.490. The van der Waals surface area contributed by atoms with Crippen LogP contribution in [-0.4, -0.2) is 48.8 Å². The molecule has 1 saturated carbocycles. The SMILES string of the molecule is COc1ccc(CCN2C(=O)C3=C(C(=O)C4CC(Cl)CCC4O3)C2c2ccc(OC)cc2)cc1. The first-order valence-corrected chi connectivity index (χ1v) is 12.1. The number of hydrogen-bond acceptors (Lipinski definition) is 5. The Kier molecular flexibility index (Phi) is 6.26. The molecule has 2 aromatic rings. The smallest absolute Gasteiger partial charge is 0.290 e. The van der Waals surface area contributed by atoms with E-state index in [0.29, 0.717) is 31.4 Å². The lowest BCUT2D eigenvalue weighted by atomic mass is 9.77. The number of Topliss-reactive ketones (excluding diaryl/α,β-unsaturated/α-hetero) is 1. The van der Waals surface area contributed by atoms with Gasteiger partial charge in [-0.1, -0.05) is 24.3 Å². The van der Waals surface area contributed by atoms with Crippen molar-refractivity contribution >= 4 is 23.3 Å². The first-order chi connectivity index (χ1) is 16.5. The van der Waals surface area contributed by atoms with Crippen molar-refractivity contribution in [3.05, 3.63) is 71.0 Å². The maximum absolute atomic E-state index is 13.7. The predicted molar refractivity (Wildman–Crippen MR) is 128 cm³/mol. The molecule has 178 valence electrons. The summed E-state index contributed by atoms with van der Waals surface area (Å²) in [5, 5.41) is -0.0429. The Balaban J connectivity index is 1.48. The number of rotatable bonds is 6. The minimum Gasteiger partial charge on any atom is -0.497 e. The van der Waals surface area contributed by atoms with Gasteiger partial charge in [-0.3, -0.25) is 9.59 Å². The van der Waals surface area contributed by atoms with Crippen LogP contribution in [0.25, 0.3) is 0 Å². The summed E-state index contributed by atoms with van der Waals surface area (Å²) in [5.41, 5.74) is 2.41. The number of hydrogen-bond donors (Lipinski definition) is 0. The monoisotopic (exact) mass is 481 g/mol. The van der Waals surface area contributed by atoms with E-state index in [0.717, 1.165) is 29.0 Å². The molecule has 1 fully saturated rings. The van der Waals surface area contributed by atoms with Crippen LogP contribution >= 0.6 is 11.6 Å². The maximum atomic E-state index is 13.7. The van der Waals surface area contributed by atoms with Crippen molar-refractivity contribution in [3.8, 4) is 11.5 Å². The van der Waals surface area contributed by atoms with E-state index < -0.39 is 6.04 Å². The van der Waals surface area contributed by atoms with Crippen molar-refractivity contribution in [2.45, 2.75) is 43.2 Å². The lowest BCUT2D eigenvalue weighted by molar-refractivity contribution is -0.135. The fourth-order valence-electron chi connectivity index (χ4n) is 5.27. The van der Waals surface area contributed by atoms with Gasteiger partial charge in [0.2, 0.25) is 0 Å². The Bertz CT molecular complexity index is 1110. The Morgan fingerprint density at radius 1 is 0.971 bits per heavy atom. The number of ketones is 1. The van der Waals surface area contributed by atoms with Crippen LogP contribution in [0.5, 0.6) is 11.5 Å². The topological polar surface area (TPSA) is 65.1 Å². The van der Waals surface area contributed by atoms with Crippen LogP contribution in [0, 0.1) is 5.92 Å². The molecule has 3 aliphatic rings. The molecule has 7 heteroatoms. The molecular formula is C27H28ClNO5. The first kappa shape index (κ1) is 22.8. The van der Waals surface area contributed by atoms with E-state index in [1.807, 2.05) is 48.5 Å².